The molecule has 4 heterocycles. The number of aromatic nitrogens is 4. The minimum Gasteiger partial charge on any atom is -0.453 e. The number of benzene rings is 2. The van der Waals surface area contributed by atoms with Crippen molar-refractivity contribution in [2.75, 3.05) is 27.3 Å². The predicted octanol–water partition coefficient (Wildman–Crippen LogP) is 5.26. The number of rotatable bonds is 9. The van der Waals surface area contributed by atoms with Crippen LogP contribution in [0.15, 0.2) is 54.7 Å². The molecule has 4 amide bonds. The summed E-state index contributed by atoms with van der Waals surface area (Å²) in [7, 11) is 2.54. The van der Waals surface area contributed by atoms with Crippen LogP contribution >= 0.6 is 0 Å². The fraction of sp³-hybridized carbons (Fsp3) is 0.405. The summed E-state index contributed by atoms with van der Waals surface area (Å²) in [6, 6.07) is 14.6. The summed E-state index contributed by atoms with van der Waals surface area (Å²) >= 11 is 0. The molecule has 2 saturated heterocycles. The zero-order valence-electron chi connectivity index (χ0n) is 29.5. The molecule has 268 valence electrons. The molecular weight excluding hydrogens is 652 g/mol. The number of aryl methyl sites for hydroxylation is 1. The van der Waals surface area contributed by atoms with E-state index in [1.807, 2.05) is 31.2 Å². The Kier molecular flexibility index (Phi) is 10.4. The number of aromatic amines is 2. The third-order valence-corrected chi connectivity index (χ3v) is 9.67. The summed E-state index contributed by atoms with van der Waals surface area (Å²) in [4.78, 5) is 69.4. The third kappa shape index (κ3) is 7.44. The number of H-pyrrole nitrogens is 2. The largest absolute Gasteiger partial charge is 0.453 e. The van der Waals surface area contributed by atoms with E-state index < -0.39 is 24.3 Å². The quantitative estimate of drug-likeness (QED) is 0.183. The number of carbonyl (C=O) groups is 4. The zero-order chi connectivity index (χ0) is 36.2. The Bertz CT molecular complexity index is 1890. The van der Waals surface area contributed by atoms with Crippen LogP contribution in [-0.4, -0.2) is 93.1 Å². The maximum absolute atomic E-state index is 13.1. The molecule has 0 bridgehead atoms. The molecule has 2 aliphatic rings. The second-order valence-electron chi connectivity index (χ2n) is 13.0. The van der Waals surface area contributed by atoms with Crippen molar-refractivity contribution in [1.82, 2.24) is 40.4 Å². The van der Waals surface area contributed by atoms with Crippen molar-refractivity contribution < 1.29 is 28.7 Å². The molecule has 51 heavy (non-hydrogen) atoms. The molecule has 2 aliphatic heterocycles. The highest BCUT2D eigenvalue weighted by Gasteiger charge is 2.36. The topological polar surface area (TPSA) is 175 Å². The number of imidazole rings is 2. The van der Waals surface area contributed by atoms with E-state index in [1.165, 1.54) is 14.2 Å². The van der Waals surface area contributed by atoms with Crippen molar-refractivity contribution in [2.24, 2.45) is 0 Å². The Balaban J connectivity index is 1.11. The van der Waals surface area contributed by atoms with Gasteiger partial charge in [0, 0.05) is 24.3 Å². The lowest BCUT2D eigenvalue weighted by molar-refractivity contribution is -0.134. The standard InChI is InChI=1S/C37H44N8O6/c1-21-31(43-33(39-21)30-9-7-19-45(30)35(47)23(3)41-37(49)51-5)27-16-12-25(13-17-27)24-10-14-26(15-11-24)28-20-38-32(42-28)29-8-6-18-44(29)34(46)22(2)40-36(48)50-4/h10-17,20,22-23,29-30H,6-9,18-19H2,1-5H3,(H,38,42)(H,39,43)(H,40,48)(H,41,49)/t22-,23-,29-,30-/m0/s1. The molecule has 2 aromatic heterocycles. The molecule has 14 nitrogen and oxygen atoms in total. The van der Waals surface area contributed by atoms with E-state index >= 15 is 0 Å². The minimum atomic E-state index is -0.708. The van der Waals surface area contributed by atoms with Crippen LogP contribution in [0.2, 0.25) is 0 Å². The van der Waals surface area contributed by atoms with Crippen molar-refractivity contribution in [3.63, 3.8) is 0 Å². The minimum absolute atomic E-state index is 0.171. The number of alkyl carbamates (subject to hydrolysis) is 2. The van der Waals surface area contributed by atoms with Crippen molar-refractivity contribution in [3.05, 3.63) is 72.1 Å². The van der Waals surface area contributed by atoms with Gasteiger partial charge in [-0.2, -0.15) is 0 Å². The smallest absolute Gasteiger partial charge is 0.407 e. The SMILES string of the molecule is COC(=O)N[C@@H](C)C(=O)N1CCC[C@H]1c1ncc(-c2ccc(-c3ccc(-c4nc([C@@H]5CCCN5C(=O)[C@H](C)NC(=O)OC)[nH]c4C)cc3)cc2)[nH]1. The summed E-state index contributed by atoms with van der Waals surface area (Å²) in [5.41, 5.74) is 6.65. The van der Waals surface area contributed by atoms with Gasteiger partial charge in [0.1, 0.15) is 23.7 Å². The lowest BCUT2D eigenvalue weighted by Crippen LogP contribution is -2.46. The average molecular weight is 697 g/mol. The van der Waals surface area contributed by atoms with Crippen LogP contribution < -0.4 is 10.6 Å². The van der Waals surface area contributed by atoms with E-state index in [1.54, 1.807) is 29.8 Å². The normalized spacial score (nSPS) is 18.3. The monoisotopic (exact) mass is 696 g/mol. The molecule has 0 unspecified atom stereocenters. The number of nitrogens with zero attached hydrogens (tertiary/aromatic N) is 4. The van der Waals surface area contributed by atoms with Gasteiger partial charge in [0.05, 0.1) is 43.9 Å². The highest BCUT2D eigenvalue weighted by atomic mass is 16.5. The molecule has 4 aromatic rings. The van der Waals surface area contributed by atoms with Gasteiger partial charge < -0.3 is 39.9 Å². The molecule has 2 fully saturated rings. The first-order chi connectivity index (χ1) is 24.6. The maximum atomic E-state index is 13.1. The number of hydrogen-bond donors (Lipinski definition) is 4. The molecule has 4 atom stereocenters. The molecule has 2 aromatic carbocycles. The van der Waals surface area contributed by atoms with Gasteiger partial charge in [-0.1, -0.05) is 48.5 Å². The second kappa shape index (κ2) is 15.1. The van der Waals surface area contributed by atoms with E-state index in [0.29, 0.717) is 13.1 Å². The third-order valence-electron chi connectivity index (χ3n) is 9.67. The van der Waals surface area contributed by atoms with E-state index in [4.69, 9.17) is 4.98 Å². The average Bonchev–Trinajstić information content (AvgIpc) is 3.97. The number of ether oxygens (including phenoxy) is 2. The summed E-state index contributed by atoms with van der Waals surface area (Å²) < 4.78 is 9.29. The van der Waals surface area contributed by atoms with Gasteiger partial charge in [-0.25, -0.2) is 19.6 Å². The van der Waals surface area contributed by atoms with Gasteiger partial charge in [0.2, 0.25) is 11.8 Å². The summed E-state index contributed by atoms with van der Waals surface area (Å²) in [6.07, 6.45) is 3.78. The zero-order valence-corrected chi connectivity index (χ0v) is 29.5. The second-order valence-corrected chi connectivity index (χ2v) is 13.0. The molecular formula is C37H44N8O6. The van der Waals surface area contributed by atoms with Crippen LogP contribution in [0.5, 0.6) is 0 Å². The van der Waals surface area contributed by atoms with Crippen LogP contribution in [-0.2, 0) is 19.1 Å². The number of carbonyl (C=O) groups excluding carboxylic acids is 4. The van der Waals surface area contributed by atoms with E-state index in [-0.39, 0.29) is 23.9 Å². The first-order valence-electron chi connectivity index (χ1n) is 17.2. The van der Waals surface area contributed by atoms with Crippen molar-refractivity contribution >= 4 is 24.0 Å². The highest BCUT2D eigenvalue weighted by molar-refractivity contribution is 5.86. The first-order valence-corrected chi connectivity index (χ1v) is 17.2. The van der Waals surface area contributed by atoms with E-state index in [0.717, 1.165) is 76.7 Å². The molecule has 6 rings (SSSR count). The molecule has 4 N–H and O–H groups in total. The van der Waals surface area contributed by atoms with Crippen LogP contribution in [0.25, 0.3) is 33.6 Å². The van der Waals surface area contributed by atoms with Crippen molar-refractivity contribution in [3.8, 4) is 33.6 Å². The number of methoxy groups -OCH3 is 2. The van der Waals surface area contributed by atoms with Gasteiger partial charge in [-0.05, 0) is 63.1 Å². The molecule has 14 heteroatoms. The van der Waals surface area contributed by atoms with Gasteiger partial charge in [0.25, 0.3) is 0 Å². The van der Waals surface area contributed by atoms with Gasteiger partial charge in [-0.3, -0.25) is 9.59 Å². The van der Waals surface area contributed by atoms with Crippen LogP contribution in [0, 0.1) is 6.92 Å². The van der Waals surface area contributed by atoms with Crippen molar-refractivity contribution in [2.45, 2.75) is 70.6 Å². The van der Waals surface area contributed by atoms with Gasteiger partial charge >= 0.3 is 12.2 Å². The summed E-state index contributed by atoms with van der Waals surface area (Å²) in [6.45, 7) is 6.48. The van der Waals surface area contributed by atoms with Gasteiger partial charge in [0.15, 0.2) is 0 Å². The Morgan fingerprint density at radius 3 is 1.71 bits per heavy atom. The Labute approximate surface area is 296 Å². The van der Waals surface area contributed by atoms with E-state index in [9.17, 15) is 19.2 Å². The molecule has 0 spiro atoms. The lowest BCUT2D eigenvalue weighted by Gasteiger charge is -2.26. The lowest BCUT2D eigenvalue weighted by atomic mass is 10.0. The maximum Gasteiger partial charge on any atom is 0.407 e. The number of hydrogen-bond acceptors (Lipinski definition) is 8. The van der Waals surface area contributed by atoms with Crippen LogP contribution in [0.3, 0.4) is 0 Å². The van der Waals surface area contributed by atoms with Gasteiger partial charge in [-0.15, -0.1) is 0 Å². The molecule has 0 aliphatic carbocycles. The summed E-state index contributed by atoms with van der Waals surface area (Å²) in [5, 5.41) is 5.12. The highest BCUT2D eigenvalue weighted by Crippen LogP contribution is 2.35. The predicted molar refractivity (Wildman–Crippen MR) is 189 cm³/mol. The Morgan fingerprint density at radius 2 is 1.20 bits per heavy atom. The number of nitrogens with one attached hydrogen (secondary N) is 4. The fourth-order valence-corrected chi connectivity index (χ4v) is 6.96. The van der Waals surface area contributed by atoms with Crippen LogP contribution in [0.4, 0.5) is 9.59 Å². The molecule has 0 saturated carbocycles. The fourth-order valence-electron chi connectivity index (χ4n) is 6.96. The Morgan fingerprint density at radius 1 is 0.725 bits per heavy atom. The van der Waals surface area contributed by atoms with Crippen LogP contribution in [0.1, 0.15) is 69.0 Å². The van der Waals surface area contributed by atoms with Crippen molar-refractivity contribution in [1.29, 1.82) is 0 Å². The first kappa shape index (κ1) is 35.2. The molecule has 0 radical (unpaired) electrons. The number of amides is 4. The van der Waals surface area contributed by atoms with E-state index in [2.05, 4.69) is 59.3 Å². The Hall–Kier alpha value is -5.66. The summed E-state index contributed by atoms with van der Waals surface area (Å²) in [5.74, 6) is 1.11. The number of likely N-dealkylation sites (tertiary alicyclic amines) is 2.